The number of hydrogen-bond acceptors (Lipinski definition) is 4. The first-order chi connectivity index (χ1) is 11.7. The fourth-order valence-corrected chi connectivity index (χ4v) is 3.58. The van der Waals surface area contributed by atoms with Crippen LogP contribution in [-0.4, -0.2) is 67.9 Å². The molecule has 1 aromatic carbocycles. The number of fused-ring (bicyclic) bond motifs is 1. The fraction of sp³-hybridized carbons (Fsp3) is 0.611. The second-order valence-electron chi connectivity index (χ2n) is 6.48. The molecule has 1 aromatic rings. The highest BCUT2D eigenvalue weighted by molar-refractivity contribution is 5.89. The van der Waals surface area contributed by atoms with Crippen molar-refractivity contribution in [2.45, 2.75) is 31.8 Å². The van der Waals surface area contributed by atoms with E-state index in [0.29, 0.717) is 18.7 Å². The lowest BCUT2D eigenvalue weighted by atomic mass is 10.0. The van der Waals surface area contributed by atoms with Gasteiger partial charge in [0, 0.05) is 31.4 Å². The Morgan fingerprint density at radius 1 is 1.29 bits per heavy atom. The number of anilines is 1. The largest absolute Gasteiger partial charge is 0.497 e. The predicted molar refractivity (Wildman–Crippen MR) is 93.6 cm³/mol. The molecular formula is C18H27N3O3. The summed E-state index contributed by atoms with van der Waals surface area (Å²) >= 11 is 0. The molecule has 0 bridgehead atoms. The number of hydrogen-bond donors (Lipinski definition) is 1. The highest BCUT2D eigenvalue weighted by Gasteiger charge is 2.36. The minimum atomic E-state index is -0.0440. The number of morpholine rings is 1. The molecule has 2 atom stereocenters. The van der Waals surface area contributed by atoms with Crippen LogP contribution in [0, 0.1) is 0 Å². The van der Waals surface area contributed by atoms with Gasteiger partial charge in [-0.05, 0) is 30.7 Å². The van der Waals surface area contributed by atoms with E-state index >= 15 is 0 Å². The van der Waals surface area contributed by atoms with Crippen LogP contribution in [-0.2, 0) is 4.74 Å². The summed E-state index contributed by atoms with van der Waals surface area (Å²) in [6, 6.07) is 8.17. The normalized spacial score (nSPS) is 24.3. The maximum absolute atomic E-state index is 12.5. The summed E-state index contributed by atoms with van der Waals surface area (Å²) in [5, 5.41) is 2.97. The third-order valence-corrected chi connectivity index (χ3v) is 4.87. The number of piperazine rings is 1. The Labute approximate surface area is 143 Å². The van der Waals surface area contributed by atoms with E-state index in [4.69, 9.17) is 9.47 Å². The molecule has 2 amide bonds. The van der Waals surface area contributed by atoms with Crippen LogP contribution >= 0.6 is 0 Å². The van der Waals surface area contributed by atoms with Crippen molar-refractivity contribution in [3.63, 3.8) is 0 Å². The molecule has 2 aliphatic rings. The van der Waals surface area contributed by atoms with Crippen LogP contribution in [0.5, 0.6) is 5.75 Å². The van der Waals surface area contributed by atoms with Gasteiger partial charge in [0.25, 0.3) is 0 Å². The molecule has 6 heteroatoms. The zero-order valence-corrected chi connectivity index (χ0v) is 14.5. The number of nitrogens with zero attached hydrogens (tertiary/aromatic N) is 2. The summed E-state index contributed by atoms with van der Waals surface area (Å²) < 4.78 is 10.9. The third-order valence-electron chi connectivity index (χ3n) is 4.87. The highest BCUT2D eigenvalue weighted by Crippen LogP contribution is 2.22. The van der Waals surface area contributed by atoms with E-state index in [9.17, 15) is 4.79 Å². The minimum Gasteiger partial charge on any atom is -0.497 e. The predicted octanol–water partition coefficient (Wildman–Crippen LogP) is 2.41. The molecule has 0 aliphatic carbocycles. The van der Waals surface area contributed by atoms with Gasteiger partial charge in [-0.1, -0.05) is 13.3 Å². The summed E-state index contributed by atoms with van der Waals surface area (Å²) in [4.78, 5) is 17.0. The second kappa shape index (κ2) is 7.85. The van der Waals surface area contributed by atoms with Crippen LogP contribution in [0.4, 0.5) is 10.5 Å². The topological polar surface area (TPSA) is 54.0 Å². The maximum Gasteiger partial charge on any atom is 0.321 e. The third kappa shape index (κ3) is 3.82. The van der Waals surface area contributed by atoms with Gasteiger partial charge in [0.15, 0.2) is 0 Å². The molecule has 0 aromatic heterocycles. The summed E-state index contributed by atoms with van der Waals surface area (Å²) in [6.45, 7) is 6.16. The molecule has 24 heavy (non-hydrogen) atoms. The van der Waals surface area contributed by atoms with Gasteiger partial charge in [0.2, 0.25) is 0 Å². The van der Waals surface area contributed by atoms with Crippen LogP contribution < -0.4 is 10.1 Å². The lowest BCUT2D eigenvalue weighted by Gasteiger charge is -2.47. The van der Waals surface area contributed by atoms with Gasteiger partial charge in [-0.25, -0.2) is 4.79 Å². The first kappa shape index (κ1) is 17.0. The Morgan fingerprint density at radius 3 is 2.79 bits per heavy atom. The van der Waals surface area contributed by atoms with E-state index in [0.717, 1.165) is 44.1 Å². The zero-order chi connectivity index (χ0) is 16.9. The number of ether oxygens (including phenoxy) is 2. The molecule has 132 valence electrons. The Hall–Kier alpha value is -1.79. The van der Waals surface area contributed by atoms with Crippen LogP contribution in [0.25, 0.3) is 0 Å². The molecule has 0 unspecified atom stereocenters. The standard InChI is InChI=1S/C18H27N3O3/c1-3-4-15-12-24-13-16-11-20(9-10-21(15)16)18(22)19-14-5-7-17(23-2)8-6-14/h5-8,15-16H,3-4,9-13H2,1-2H3,(H,19,22)/t15-,16+/m0/s1. The second-order valence-corrected chi connectivity index (χ2v) is 6.48. The van der Waals surface area contributed by atoms with E-state index in [2.05, 4.69) is 17.1 Å². The number of carbonyl (C=O) groups is 1. The molecule has 0 radical (unpaired) electrons. The van der Waals surface area contributed by atoms with Crippen molar-refractivity contribution in [2.75, 3.05) is 45.3 Å². The van der Waals surface area contributed by atoms with Crippen molar-refractivity contribution >= 4 is 11.7 Å². The van der Waals surface area contributed by atoms with Gasteiger partial charge in [-0.15, -0.1) is 0 Å². The van der Waals surface area contributed by atoms with Crippen LogP contribution in [0.3, 0.4) is 0 Å². The van der Waals surface area contributed by atoms with Gasteiger partial charge in [0.1, 0.15) is 5.75 Å². The van der Waals surface area contributed by atoms with E-state index in [1.807, 2.05) is 29.2 Å². The number of rotatable bonds is 4. The van der Waals surface area contributed by atoms with Gasteiger partial charge >= 0.3 is 6.03 Å². The van der Waals surface area contributed by atoms with Crippen molar-refractivity contribution in [1.29, 1.82) is 0 Å². The number of amides is 2. The fourth-order valence-electron chi connectivity index (χ4n) is 3.58. The molecule has 6 nitrogen and oxygen atoms in total. The molecular weight excluding hydrogens is 306 g/mol. The first-order valence-corrected chi connectivity index (χ1v) is 8.74. The number of benzene rings is 1. The molecule has 2 heterocycles. The van der Waals surface area contributed by atoms with Gasteiger partial charge in [-0.2, -0.15) is 0 Å². The molecule has 2 aliphatic heterocycles. The molecule has 2 fully saturated rings. The SMILES string of the molecule is CCC[C@H]1COC[C@H]2CN(C(=O)Nc3ccc(OC)cc3)CCN12. The summed E-state index contributed by atoms with van der Waals surface area (Å²) in [7, 11) is 1.63. The van der Waals surface area contributed by atoms with Crippen molar-refractivity contribution in [3.05, 3.63) is 24.3 Å². The van der Waals surface area contributed by atoms with Gasteiger partial charge in [-0.3, -0.25) is 4.90 Å². The monoisotopic (exact) mass is 333 g/mol. The number of methoxy groups -OCH3 is 1. The van der Waals surface area contributed by atoms with E-state index in [1.165, 1.54) is 6.42 Å². The molecule has 3 rings (SSSR count). The minimum absolute atomic E-state index is 0.0440. The van der Waals surface area contributed by atoms with E-state index < -0.39 is 0 Å². The Bertz CT molecular complexity index is 547. The van der Waals surface area contributed by atoms with Crippen molar-refractivity contribution in [3.8, 4) is 5.75 Å². The summed E-state index contributed by atoms with van der Waals surface area (Å²) in [6.07, 6.45) is 2.33. The zero-order valence-electron chi connectivity index (χ0n) is 14.5. The van der Waals surface area contributed by atoms with Gasteiger partial charge < -0.3 is 19.7 Å². The quantitative estimate of drug-likeness (QED) is 0.919. The van der Waals surface area contributed by atoms with Crippen molar-refractivity contribution in [1.82, 2.24) is 9.80 Å². The first-order valence-electron chi connectivity index (χ1n) is 8.74. The number of urea groups is 1. The molecule has 0 spiro atoms. The van der Waals surface area contributed by atoms with Crippen LogP contribution in [0.2, 0.25) is 0 Å². The average Bonchev–Trinajstić information content (AvgIpc) is 2.62. The van der Waals surface area contributed by atoms with Crippen LogP contribution in [0.1, 0.15) is 19.8 Å². The highest BCUT2D eigenvalue weighted by atomic mass is 16.5. The summed E-state index contributed by atoms with van der Waals surface area (Å²) in [5.41, 5.74) is 0.784. The lowest BCUT2D eigenvalue weighted by molar-refractivity contribution is -0.0755. The average molecular weight is 333 g/mol. The molecule has 1 N–H and O–H groups in total. The molecule has 2 saturated heterocycles. The van der Waals surface area contributed by atoms with Crippen molar-refractivity contribution < 1.29 is 14.3 Å². The maximum atomic E-state index is 12.5. The van der Waals surface area contributed by atoms with E-state index in [-0.39, 0.29) is 6.03 Å². The molecule has 0 saturated carbocycles. The Kier molecular flexibility index (Phi) is 5.58. The lowest BCUT2D eigenvalue weighted by Crippen LogP contribution is -2.63. The smallest absolute Gasteiger partial charge is 0.321 e. The van der Waals surface area contributed by atoms with Gasteiger partial charge in [0.05, 0.1) is 26.4 Å². The Morgan fingerprint density at radius 2 is 2.08 bits per heavy atom. The number of nitrogens with one attached hydrogen (secondary N) is 1. The van der Waals surface area contributed by atoms with Crippen molar-refractivity contribution in [2.24, 2.45) is 0 Å². The number of carbonyl (C=O) groups excluding carboxylic acids is 1. The van der Waals surface area contributed by atoms with Crippen LogP contribution in [0.15, 0.2) is 24.3 Å². The summed E-state index contributed by atoms with van der Waals surface area (Å²) in [5.74, 6) is 0.780. The van der Waals surface area contributed by atoms with E-state index in [1.54, 1.807) is 7.11 Å². The Balaban J connectivity index is 1.57.